The van der Waals surface area contributed by atoms with Crippen molar-refractivity contribution in [1.29, 1.82) is 0 Å². The van der Waals surface area contributed by atoms with Gasteiger partial charge >= 0.3 is 0 Å². The number of benzene rings is 7. The van der Waals surface area contributed by atoms with Crippen LogP contribution in [-0.2, 0) is 0 Å². The highest BCUT2D eigenvalue weighted by atomic mass is 15.2. The van der Waals surface area contributed by atoms with Crippen LogP contribution in [0.15, 0.2) is 212 Å². The summed E-state index contributed by atoms with van der Waals surface area (Å²) >= 11 is 0. The lowest BCUT2D eigenvalue weighted by Gasteiger charge is -2.14. The van der Waals surface area contributed by atoms with Crippen molar-refractivity contribution < 1.29 is 0 Å². The molecular formula is C57H35N7. The van der Waals surface area contributed by atoms with Crippen molar-refractivity contribution >= 4 is 87.2 Å². The number of aromatic nitrogens is 7. The van der Waals surface area contributed by atoms with E-state index in [0.717, 1.165) is 100 Å². The lowest BCUT2D eigenvalue weighted by Crippen LogP contribution is -2.05. The third-order valence-electron chi connectivity index (χ3n) is 13.0. The Hall–Kier alpha value is -8.81. The summed E-state index contributed by atoms with van der Waals surface area (Å²) in [4.78, 5) is 16.3. The van der Waals surface area contributed by atoms with Gasteiger partial charge in [-0.15, -0.1) is 0 Å². The van der Waals surface area contributed by atoms with E-state index in [1.54, 1.807) is 0 Å². The van der Waals surface area contributed by atoms with Crippen LogP contribution >= 0.6 is 0 Å². The van der Waals surface area contributed by atoms with Crippen molar-refractivity contribution in [2.24, 2.45) is 0 Å². The molecule has 0 fully saturated rings. The van der Waals surface area contributed by atoms with Gasteiger partial charge in [0.05, 0.1) is 55.5 Å². The molecule has 0 atom stereocenters. The van der Waals surface area contributed by atoms with Crippen molar-refractivity contribution in [3.63, 3.8) is 0 Å². The molecule has 0 unspecified atom stereocenters. The SMILES string of the molecule is c1cc(-c2cccc(-n3c4ccccc4c4ccc5c6ccccc6n(-c6cccc(-n7c8ccccc8c8ccccc87)n6)c5c43)n2)nc(-n2c3ccccc3c3ccccc32)c1. The summed E-state index contributed by atoms with van der Waals surface area (Å²) < 4.78 is 9.22. The Morgan fingerprint density at radius 3 is 0.844 bits per heavy atom. The van der Waals surface area contributed by atoms with E-state index >= 15 is 0 Å². The van der Waals surface area contributed by atoms with Crippen LogP contribution in [0.25, 0.3) is 122 Å². The average Bonchev–Trinajstić information content (AvgIpc) is 4.09. The maximum absolute atomic E-state index is 5.53. The Morgan fingerprint density at radius 2 is 0.469 bits per heavy atom. The van der Waals surface area contributed by atoms with Gasteiger partial charge in [0.15, 0.2) is 0 Å². The van der Waals surface area contributed by atoms with Crippen LogP contribution in [0, 0.1) is 0 Å². The molecule has 0 amide bonds. The van der Waals surface area contributed by atoms with Crippen molar-refractivity contribution in [1.82, 2.24) is 33.2 Å². The third kappa shape index (κ3) is 4.89. The average molecular weight is 818 g/mol. The van der Waals surface area contributed by atoms with Crippen molar-refractivity contribution in [3.8, 4) is 34.7 Å². The second-order valence-corrected chi connectivity index (χ2v) is 16.4. The summed E-state index contributed by atoms with van der Waals surface area (Å²) in [5, 5.41) is 9.42. The van der Waals surface area contributed by atoms with Crippen LogP contribution in [0.5, 0.6) is 0 Å². The number of pyridine rings is 3. The Kier molecular flexibility index (Phi) is 7.27. The minimum absolute atomic E-state index is 0.791. The van der Waals surface area contributed by atoms with E-state index in [0.29, 0.717) is 0 Å². The zero-order valence-corrected chi connectivity index (χ0v) is 34.3. The molecule has 0 saturated carbocycles. The zero-order chi connectivity index (χ0) is 41.9. The standard InChI is InChI=1S/C57H35N7/c1-7-24-46-36(16-1)37-17-2-8-25-47(37)61(46)52-30-13-22-44(58-52)45-23-14-31-53(59-45)63-50-28-11-5-20-40(50)42-34-35-43-41-21-6-12-29-51(41)64(57(43)56(42)63)55-33-15-32-54(60-55)62-48-26-9-3-18-38(48)39-19-4-10-27-49(39)62/h1-35H. The first kappa shape index (κ1) is 34.9. The minimum Gasteiger partial charge on any atom is -0.294 e. The van der Waals surface area contributed by atoms with Gasteiger partial charge in [-0.05, 0) is 72.8 Å². The Bertz CT molecular complexity index is 4110. The third-order valence-corrected chi connectivity index (χ3v) is 13.0. The normalized spacial score (nSPS) is 12.1. The summed E-state index contributed by atoms with van der Waals surface area (Å²) in [5.74, 6) is 3.35. The summed E-state index contributed by atoms with van der Waals surface area (Å²) in [5.41, 5.74) is 10.4. The Morgan fingerprint density at radius 1 is 0.203 bits per heavy atom. The van der Waals surface area contributed by atoms with E-state index in [-0.39, 0.29) is 0 Å². The van der Waals surface area contributed by atoms with Crippen LogP contribution in [0.2, 0.25) is 0 Å². The molecule has 0 N–H and O–H groups in total. The van der Waals surface area contributed by atoms with Crippen molar-refractivity contribution in [2.45, 2.75) is 0 Å². The highest BCUT2D eigenvalue weighted by Crippen LogP contribution is 2.42. The minimum atomic E-state index is 0.791. The molecule has 7 heteroatoms. The maximum atomic E-state index is 5.53. The molecule has 7 heterocycles. The number of rotatable bonds is 5. The van der Waals surface area contributed by atoms with Gasteiger partial charge in [-0.2, -0.15) is 0 Å². The summed E-state index contributed by atoms with van der Waals surface area (Å²) in [6.45, 7) is 0. The Balaban J connectivity index is 1.01. The molecule has 0 aliphatic heterocycles. The molecular weight excluding hydrogens is 783 g/mol. The maximum Gasteiger partial charge on any atom is 0.140 e. The first-order valence-corrected chi connectivity index (χ1v) is 21.6. The van der Waals surface area contributed by atoms with Gasteiger partial charge in [0.2, 0.25) is 0 Å². The molecule has 0 spiro atoms. The van der Waals surface area contributed by atoms with E-state index in [9.17, 15) is 0 Å². The van der Waals surface area contributed by atoms with Crippen LogP contribution in [0.3, 0.4) is 0 Å². The molecule has 0 radical (unpaired) electrons. The topological polar surface area (TPSA) is 58.4 Å². The smallest absolute Gasteiger partial charge is 0.140 e. The van der Waals surface area contributed by atoms with Gasteiger partial charge in [-0.25, -0.2) is 15.0 Å². The van der Waals surface area contributed by atoms with Crippen LogP contribution in [-0.4, -0.2) is 33.2 Å². The van der Waals surface area contributed by atoms with Crippen LogP contribution in [0.1, 0.15) is 0 Å². The fourth-order valence-corrected chi connectivity index (χ4v) is 10.4. The quantitative estimate of drug-likeness (QED) is 0.174. The summed E-state index contributed by atoms with van der Waals surface area (Å²) in [7, 11) is 0. The molecule has 7 nitrogen and oxygen atoms in total. The monoisotopic (exact) mass is 817 g/mol. The molecule has 0 aliphatic rings. The van der Waals surface area contributed by atoms with Gasteiger partial charge in [-0.1, -0.05) is 140 Å². The van der Waals surface area contributed by atoms with Crippen molar-refractivity contribution in [3.05, 3.63) is 212 Å². The molecule has 298 valence electrons. The van der Waals surface area contributed by atoms with Gasteiger partial charge in [0, 0.05) is 43.1 Å². The number of hydrogen-bond acceptors (Lipinski definition) is 3. The molecule has 14 aromatic rings. The van der Waals surface area contributed by atoms with Gasteiger partial charge in [-0.3, -0.25) is 18.3 Å². The van der Waals surface area contributed by atoms with E-state index in [2.05, 4.69) is 231 Å². The molecule has 0 aliphatic carbocycles. The molecule has 14 rings (SSSR count). The molecule has 7 aromatic carbocycles. The fourth-order valence-electron chi connectivity index (χ4n) is 10.4. The van der Waals surface area contributed by atoms with Gasteiger partial charge in [0.25, 0.3) is 0 Å². The number of fused-ring (bicyclic) bond motifs is 13. The number of hydrogen-bond donors (Lipinski definition) is 0. The molecule has 7 aromatic heterocycles. The number of para-hydroxylation sites is 6. The van der Waals surface area contributed by atoms with Crippen LogP contribution < -0.4 is 0 Å². The predicted octanol–water partition coefficient (Wildman–Crippen LogP) is 13.9. The zero-order valence-electron chi connectivity index (χ0n) is 34.3. The first-order chi connectivity index (χ1) is 31.8. The van der Waals surface area contributed by atoms with Gasteiger partial charge in [0.1, 0.15) is 23.3 Å². The first-order valence-electron chi connectivity index (χ1n) is 21.6. The Labute approximate surface area is 366 Å². The van der Waals surface area contributed by atoms with Crippen molar-refractivity contribution in [2.75, 3.05) is 0 Å². The fraction of sp³-hybridized carbons (Fsp3) is 0. The van der Waals surface area contributed by atoms with E-state index < -0.39 is 0 Å². The lowest BCUT2D eigenvalue weighted by molar-refractivity contribution is 1.01. The van der Waals surface area contributed by atoms with Crippen LogP contribution in [0.4, 0.5) is 0 Å². The molecule has 0 bridgehead atoms. The highest BCUT2D eigenvalue weighted by molar-refractivity contribution is 6.23. The second kappa shape index (κ2) is 13.3. The van der Waals surface area contributed by atoms with Gasteiger partial charge < -0.3 is 0 Å². The second-order valence-electron chi connectivity index (χ2n) is 16.4. The highest BCUT2D eigenvalue weighted by Gasteiger charge is 2.23. The number of nitrogens with zero attached hydrogens (tertiary/aromatic N) is 7. The summed E-state index contributed by atoms with van der Waals surface area (Å²) in [6, 6.07) is 75.0. The van der Waals surface area contributed by atoms with E-state index in [1.807, 2.05) is 0 Å². The predicted molar refractivity (Wildman–Crippen MR) is 263 cm³/mol. The molecule has 0 saturated heterocycles. The largest absolute Gasteiger partial charge is 0.294 e. The lowest BCUT2D eigenvalue weighted by atomic mass is 10.1. The van der Waals surface area contributed by atoms with E-state index in [4.69, 9.17) is 15.0 Å². The van der Waals surface area contributed by atoms with E-state index in [1.165, 1.54) is 21.5 Å². The molecule has 64 heavy (non-hydrogen) atoms. The summed E-state index contributed by atoms with van der Waals surface area (Å²) in [6.07, 6.45) is 0.